The third-order valence-corrected chi connectivity index (χ3v) is 14.8. The van der Waals surface area contributed by atoms with Gasteiger partial charge in [0.2, 0.25) is 5.91 Å². The number of quaternary nitrogens is 1. The maximum Gasteiger partial charge on any atom is 0.268 e. The van der Waals surface area contributed by atoms with Crippen molar-refractivity contribution in [3.8, 4) is 0 Å². The number of rotatable bonds is 56. The van der Waals surface area contributed by atoms with E-state index in [4.69, 9.17) is 9.05 Å². The summed E-state index contributed by atoms with van der Waals surface area (Å²) in [6.07, 6.45) is 67.9. The van der Waals surface area contributed by atoms with Crippen molar-refractivity contribution in [2.24, 2.45) is 0 Å². The van der Waals surface area contributed by atoms with Gasteiger partial charge in [0.05, 0.1) is 39.9 Å². The molecule has 3 atom stereocenters. The number of amides is 1. The number of unbranched alkanes of at least 4 members (excludes halogenated alkanes) is 39. The molecule has 0 aliphatic rings. The van der Waals surface area contributed by atoms with E-state index in [1.807, 2.05) is 27.2 Å². The molecule has 0 aromatic rings. The molecule has 0 fully saturated rings. The maximum absolute atomic E-state index is 13.0. The molecule has 0 rings (SSSR count). The lowest BCUT2D eigenvalue weighted by Crippen LogP contribution is -2.45. The van der Waals surface area contributed by atoms with Crippen molar-refractivity contribution in [3.63, 3.8) is 0 Å². The fourth-order valence-corrected chi connectivity index (χ4v) is 9.79. The van der Waals surface area contributed by atoms with Crippen molar-refractivity contribution in [2.45, 2.75) is 309 Å². The minimum absolute atomic E-state index is 0.000679. The second kappa shape index (κ2) is 52.6. The molecule has 8 nitrogen and oxygen atoms in total. The first-order chi connectivity index (χ1) is 34.0. The molecular formula is C61H119N2O6P. The summed E-state index contributed by atoms with van der Waals surface area (Å²) in [5, 5.41) is 13.9. The van der Waals surface area contributed by atoms with Gasteiger partial charge in [-0.15, -0.1) is 0 Å². The number of nitrogens with one attached hydrogen (secondary N) is 1. The highest BCUT2D eigenvalue weighted by Gasteiger charge is 2.23. The maximum atomic E-state index is 13.0. The molecule has 414 valence electrons. The number of carbonyl (C=O) groups excluding carboxylic acids is 1. The van der Waals surface area contributed by atoms with E-state index in [2.05, 4.69) is 43.5 Å². The van der Waals surface area contributed by atoms with E-state index in [0.29, 0.717) is 17.4 Å². The topological polar surface area (TPSA) is 108 Å². The quantitative estimate of drug-likeness (QED) is 0.0272. The second-order valence-electron chi connectivity index (χ2n) is 22.1. The highest BCUT2D eigenvalue weighted by atomic mass is 31.2. The summed E-state index contributed by atoms with van der Waals surface area (Å²) in [6.45, 7) is 4.68. The standard InChI is InChI=1S/C61H119N2O6P/c1-6-8-10-12-14-16-18-20-22-24-26-28-30-31-33-34-36-38-40-42-44-46-48-50-52-54-60(64)59(58-69-70(66,67)68-57-56-63(3,4)5)62-61(65)55-53-51-49-47-45-43-41-39-37-35-32-29-27-25-23-21-19-17-15-13-11-9-7-2/h19,21,25,27,52,54,59-60,64H,6-18,20,22-24,26,28-51,53,55-58H2,1-5H3,(H-,62,65,66,67)/b21-19-,27-25-,54-52+. The number of aliphatic hydroxyl groups excluding tert-OH is 1. The van der Waals surface area contributed by atoms with E-state index in [-0.39, 0.29) is 19.1 Å². The van der Waals surface area contributed by atoms with Crippen molar-refractivity contribution < 1.29 is 32.9 Å². The van der Waals surface area contributed by atoms with Gasteiger partial charge in [-0.2, -0.15) is 0 Å². The second-order valence-corrected chi connectivity index (χ2v) is 23.5. The zero-order valence-electron chi connectivity index (χ0n) is 47.2. The van der Waals surface area contributed by atoms with Gasteiger partial charge in [0.15, 0.2) is 0 Å². The third kappa shape index (κ3) is 54.5. The fourth-order valence-electron chi connectivity index (χ4n) is 9.07. The van der Waals surface area contributed by atoms with Gasteiger partial charge in [-0.05, 0) is 51.4 Å². The molecule has 0 aromatic carbocycles. The van der Waals surface area contributed by atoms with E-state index in [0.717, 1.165) is 44.9 Å². The lowest BCUT2D eigenvalue weighted by molar-refractivity contribution is -0.870. The zero-order valence-corrected chi connectivity index (χ0v) is 48.1. The molecular weight excluding hydrogens is 888 g/mol. The molecule has 0 aliphatic carbocycles. The average molecular weight is 1010 g/mol. The molecule has 1 amide bonds. The van der Waals surface area contributed by atoms with Gasteiger partial charge < -0.3 is 28.8 Å². The van der Waals surface area contributed by atoms with Crippen LogP contribution in [-0.4, -0.2) is 68.5 Å². The first-order valence-electron chi connectivity index (χ1n) is 30.4. The lowest BCUT2D eigenvalue weighted by atomic mass is 10.0. The summed E-state index contributed by atoms with van der Waals surface area (Å²) in [4.78, 5) is 25.5. The van der Waals surface area contributed by atoms with Gasteiger partial charge in [0, 0.05) is 6.42 Å². The minimum Gasteiger partial charge on any atom is -0.756 e. The van der Waals surface area contributed by atoms with E-state index < -0.39 is 20.0 Å². The molecule has 0 saturated carbocycles. The SMILES string of the molecule is CCCCCCC/C=C\C/C=C\CCCCCCCCCCCCCC(=O)NC(COP(=O)([O-])OCC[N+](C)(C)C)C(O)/C=C/CCCCCCCCCCCCCCCCCCCCCCCCC. The van der Waals surface area contributed by atoms with Crippen molar-refractivity contribution in [1.82, 2.24) is 5.32 Å². The molecule has 70 heavy (non-hydrogen) atoms. The Balaban J connectivity index is 4.18. The molecule has 0 spiro atoms. The fraction of sp³-hybridized carbons (Fsp3) is 0.885. The normalized spacial score (nSPS) is 14.1. The molecule has 0 bridgehead atoms. The van der Waals surface area contributed by atoms with Gasteiger partial charge >= 0.3 is 0 Å². The van der Waals surface area contributed by atoms with Crippen LogP contribution in [0.1, 0.15) is 296 Å². The summed E-state index contributed by atoms with van der Waals surface area (Å²) in [7, 11) is 1.27. The number of phosphoric ester groups is 1. The highest BCUT2D eigenvalue weighted by molar-refractivity contribution is 7.45. The largest absolute Gasteiger partial charge is 0.756 e. The smallest absolute Gasteiger partial charge is 0.268 e. The van der Waals surface area contributed by atoms with Crippen molar-refractivity contribution >= 4 is 13.7 Å². The van der Waals surface area contributed by atoms with Crippen LogP contribution in [0.4, 0.5) is 0 Å². The first kappa shape index (κ1) is 68.7. The van der Waals surface area contributed by atoms with E-state index >= 15 is 0 Å². The monoisotopic (exact) mass is 1010 g/mol. The van der Waals surface area contributed by atoms with E-state index in [1.54, 1.807) is 6.08 Å². The first-order valence-corrected chi connectivity index (χ1v) is 31.8. The van der Waals surface area contributed by atoms with Crippen LogP contribution in [-0.2, 0) is 18.4 Å². The minimum atomic E-state index is -4.60. The van der Waals surface area contributed by atoms with Crippen molar-refractivity contribution in [1.29, 1.82) is 0 Å². The summed E-state index contributed by atoms with van der Waals surface area (Å²) in [6, 6.07) is -0.888. The Morgan fingerprint density at radius 3 is 1.19 bits per heavy atom. The molecule has 9 heteroatoms. The van der Waals surface area contributed by atoms with Crippen molar-refractivity contribution in [3.05, 3.63) is 36.5 Å². The summed E-state index contributed by atoms with van der Waals surface area (Å²) < 4.78 is 23.4. The summed E-state index contributed by atoms with van der Waals surface area (Å²) in [5.74, 6) is -0.196. The van der Waals surface area contributed by atoms with Crippen LogP contribution in [0.25, 0.3) is 0 Å². The number of phosphoric acid groups is 1. The van der Waals surface area contributed by atoms with Gasteiger partial charge in [0.25, 0.3) is 7.82 Å². The Bertz CT molecular complexity index is 1230. The van der Waals surface area contributed by atoms with Crippen LogP contribution in [0, 0.1) is 0 Å². The number of carbonyl (C=O) groups is 1. The summed E-state index contributed by atoms with van der Waals surface area (Å²) in [5.41, 5.74) is 0. The van der Waals surface area contributed by atoms with Gasteiger partial charge in [-0.3, -0.25) is 9.36 Å². The molecule has 3 unspecified atom stereocenters. The Labute approximate surface area is 436 Å². The molecule has 0 heterocycles. The van der Waals surface area contributed by atoms with Crippen LogP contribution in [0.3, 0.4) is 0 Å². The number of allylic oxidation sites excluding steroid dienone is 5. The van der Waals surface area contributed by atoms with E-state index in [1.165, 1.54) is 231 Å². The van der Waals surface area contributed by atoms with Crippen molar-refractivity contribution in [2.75, 3.05) is 40.9 Å². The van der Waals surface area contributed by atoms with Gasteiger partial charge in [0.1, 0.15) is 13.2 Å². The van der Waals surface area contributed by atoms with Crippen LogP contribution >= 0.6 is 7.82 Å². The number of hydrogen-bond donors (Lipinski definition) is 2. The predicted molar refractivity (Wildman–Crippen MR) is 302 cm³/mol. The highest BCUT2D eigenvalue weighted by Crippen LogP contribution is 2.38. The Kier molecular flexibility index (Phi) is 51.6. The number of likely N-dealkylation sites (N-methyl/N-ethyl adjacent to an activating group) is 1. The molecule has 0 radical (unpaired) electrons. The van der Waals surface area contributed by atoms with Gasteiger partial charge in [-0.25, -0.2) is 0 Å². The van der Waals surface area contributed by atoms with Crippen LogP contribution in [0.2, 0.25) is 0 Å². The zero-order chi connectivity index (χ0) is 51.3. The molecule has 2 N–H and O–H groups in total. The number of hydrogen-bond acceptors (Lipinski definition) is 6. The Hall–Kier alpha value is -1.28. The Morgan fingerprint density at radius 2 is 0.829 bits per heavy atom. The third-order valence-electron chi connectivity index (χ3n) is 13.8. The van der Waals surface area contributed by atoms with Crippen LogP contribution < -0.4 is 10.2 Å². The van der Waals surface area contributed by atoms with Crippen LogP contribution in [0.5, 0.6) is 0 Å². The van der Waals surface area contributed by atoms with E-state index in [9.17, 15) is 19.4 Å². The predicted octanol–water partition coefficient (Wildman–Crippen LogP) is 17.9. The van der Waals surface area contributed by atoms with Gasteiger partial charge in [-0.1, -0.05) is 275 Å². The molecule has 0 aliphatic heterocycles. The lowest BCUT2D eigenvalue weighted by Gasteiger charge is -2.29. The molecule has 0 aromatic heterocycles. The number of aliphatic hydroxyl groups is 1. The average Bonchev–Trinajstić information content (AvgIpc) is 3.32. The Morgan fingerprint density at radius 1 is 0.500 bits per heavy atom. The molecule has 0 saturated heterocycles. The number of nitrogens with zero attached hydrogens (tertiary/aromatic N) is 1. The summed E-state index contributed by atoms with van der Waals surface area (Å²) >= 11 is 0. The van der Waals surface area contributed by atoms with Crippen LogP contribution in [0.15, 0.2) is 36.5 Å².